The first-order valence-corrected chi connectivity index (χ1v) is 13.6. The van der Waals surface area contributed by atoms with Crippen LogP contribution >= 0.6 is 0 Å². The third-order valence-corrected chi connectivity index (χ3v) is 6.45. The van der Waals surface area contributed by atoms with E-state index in [0.29, 0.717) is 6.04 Å². The van der Waals surface area contributed by atoms with Crippen LogP contribution in [-0.2, 0) is 0 Å². The first-order chi connectivity index (χ1) is 15.4. The molecule has 0 fully saturated rings. The Labute approximate surface area is 194 Å². The molecule has 2 heteroatoms. The Hall–Kier alpha value is -1.31. The van der Waals surface area contributed by atoms with Crippen molar-refractivity contribution >= 4 is 0 Å². The van der Waals surface area contributed by atoms with Crippen molar-refractivity contribution in [3.8, 4) is 0 Å². The van der Waals surface area contributed by atoms with Crippen molar-refractivity contribution in [1.29, 1.82) is 0 Å². The Morgan fingerprint density at radius 1 is 0.710 bits per heavy atom. The Balaban J connectivity index is 1.75. The third kappa shape index (κ3) is 17.0. The molecule has 31 heavy (non-hydrogen) atoms. The number of unbranched alkanes of at least 4 members (excludes halogenated alkanes) is 18. The molecule has 0 aromatic carbocycles. The summed E-state index contributed by atoms with van der Waals surface area (Å²) in [5, 5.41) is 0. The van der Waals surface area contributed by atoms with Gasteiger partial charge in [0.2, 0.25) is 0 Å². The molecule has 2 nitrogen and oxygen atoms in total. The average molecular weight is 429 g/mol. The molecule has 0 aliphatic carbocycles. The number of nitrogens with zero attached hydrogens (tertiary/aromatic N) is 2. The summed E-state index contributed by atoms with van der Waals surface area (Å²) in [7, 11) is 0. The molecule has 178 valence electrons. The second-order valence-corrected chi connectivity index (χ2v) is 9.32. The maximum Gasteiger partial charge on any atom is 0.0951 e. The van der Waals surface area contributed by atoms with Crippen LogP contribution < -0.4 is 0 Å². The summed E-state index contributed by atoms with van der Waals surface area (Å²) in [6, 6.07) is 0.332. The van der Waals surface area contributed by atoms with Crippen molar-refractivity contribution in [2.45, 2.75) is 141 Å². The van der Waals surface area contributed by atoms with Gasteiger partial charge in [0.05, 0.1) is 12.4 Å². The fourth-order valence-corrected chi connectivity index (χ4v) is 4.32. The van der Waals surface area contributed by atoms with E-state index >= 15 is 0 Å². The Bertz CT molecular complexity index is 503. The highest BCUT2D eigenvalue weighted by Crippen LogP contribution is 2.15. The molecule has 1 unspecified atom stereocenters. The maximum atomic E-state index is 4.12. The monoisotopic (exact) mass is 428 g/mol. The van der Waals surface area contributed by atoms with Crippen molar-refractivity contribution in [3.63, 3.8) is 0 Å². The van der Waals surface area contributed by atoms with Crippen LogP contribution in [0.15, 0.2) is 43.5 Å². The minimum atomic E-state index is 0.332. The lowest BCUT2D eigenvalue weighted by molar-refractivity contribution is 0.525. The maximum absolute atomic E-state index is 4.12. The minimum absolute atomic E-state index is 0.332. The van der Waals surface area contributed by atoms with Crippen LogP contribution in [0, 0.1) is 0 Å². The number of allylic oxidation sites excluding steroid dienone is 3. The number of aromatic nitrogens is 2. The van der Waals surface area contributed by atoms with Gasteiger partial charge in [-0.3, -0.25) is 0 Å². The van der Waals surface area contributed by atoms with Crippen LogP contribution in [0.4, 0.5) is 0 Å². The van der Waals surface area contributed by atoms with Gasteiger partial charge in [0, 0.05) is 12.4 Å². The van der Waals surface area contributed by atoms with Gasteiger partial charge in [0.1, 0.15) is 0 Å². The van der Waals surface area contributed by atoms with Gasteiger partial charge < -0.3 is 4.57 Å². The Morgan fingerprint density at radius 2 is 1.19 bits per heavy atom. The quantitative estimate of drug-likeness (QED) is 0.125. The molecule has 1 heterocycles. The summed E-state index contributed by atoms with van der Waals surface area (Å²) in [5.74, 6) is 0. The summed E-state index contributed by atoms with van der Waals surface area (Å²) >= 11 is 0. The average Bonchev–Trinajstić information content (AvgIpc) is 3.32. The van der Waals surface area contributed by atoms with E-state index in [1.165, 1.54) is 122 Å². The SMILES string of the molecule is C=CC(CC=CCCCCCCCCCCCCCCCCCCCC)n1ccnc1. The molecule has 0 N–H and O–H groups in total. The molecule has 0 aliphatic heterocycles. The second-order valence-electron chi connectivity index (χ2n) is 9.32. The highest BCUT2D eigenvalue weighted by molar-refractivity contribution is 4.95. The van der Waals surface area contributed by atoms with Crippen molar-refractivity contribution in [1.82, 2.24) is 9.55 Å². The number of rotatable bonds is 23. The van der Waals surface area contributed by atoms with Gasteiger partial charge in [-0.1, -0.05) is 134 Å². The highest BCUT2D eigenvalue weighted by atomic mass is 15.0. The van der Waals surface area contributed by atoms with Crippen molar-refractivity contribution in [3.05, 3.63) is 43.5 Å². The summed E-state index contributed by atoms with van der Waals surface area (Å²) in [5.41, 5.74) is 0. The predicted octanol–water partition coefficient (Wildman–Crippen LogP) is 9.99. The van der Waals surface area contributed by atoms with E-state index in [2.05, 4.69) is 35.2 Å². The van der Waals surface area contributed by atoms with Crippen molar-refractivity contribution in [2.75, 3.05) is 0 Å². The molecule has 0 radical (unpaired) electrons. The fourth-order valence-electron chi connectivity index (χ4n) is 4.32. The topological polar surface area (TPSA) is 17.8 Å². The summed E-state index contributed by atoms with van der Waals surface area (Å²) in [6.07, 6.45) is 40.5. The van der Waals surface area contributed by atoms with Crippen LogP contribution in [-0.4, -0.2) is 9.55 Å². The molecule has 1 rings (SSSR count). The van der Waals surface area contributed by atoms with Gasteiger partial charge in [-0.05, 0) is 19.3 Å². The fraction of sp³-hybridized carbons (Fsp3) is 0.759. The van der Waals surface area contributed by atoms with Crippen molar-refractivity contribution in [2.24, 2.45) is 0 Å². The molecule has 1 aromatic heterocycles. The first-order valence-electron chi connectivity index (χ1n) is 13.6. The molecule has 1 atom stereocenters. The van der Waals surface area contributed by atoms with Gasteiger partial charge in [-0.2, -0.15) is 0 Å². The van der Waals surface area contributed by atoms with Gasteiger partial charge in [0.15, 0.2) is 0 Å². The zero-order chi connectivity index (χ0) is 22.2. The zero-order valence-corrected chi connectivity index (χ0v) is 20.8. The first kappa shape index (κ1) is 27.7. The molecule has 0 saturated heterocycles. The molecule has 0 aliphatic rings. The van der Waals surface area contributed by atoms with Gasteiger partial charge in [-0.15, -0.1) is 6.58 Å². The molecule has 1 aromatic rings. The third-order valence-electron chi connectivity index (χ3n) is 6.45. The second kappa shape index (κ2) is 21.9. The van der Waals surface area contributed by atoms with Gasteiger partial charge in [-0.25, -0.2) is 4.98 Å². The zero-order valence-electron chi connectivity index (χ0n) is 20.8. The lowest BCUT2D eigenvalue weighted by Crippen LogP contribution is -2.01. The number of hydrogen-bond donors (Lipinski definition) is 0. The number of hydrogen-bond acceptors (Lipinski definition) is 1. The normalized spacial score (nSPS) is 12.5. The van der Waals surface area contributed by atoms with E-state index in [-0.39, 0.29) is 0 Å². The largest absolute Gasteiger partial charge is 0.330 e. The highest BCUT2D eigenvalue weighted by Gasteiger charge is 2.02. The van der Waals surface area contributed by atoms with E-state index < -0.39 is 0 Å². The van der Waals surface area contributed by atoms with Crippen LogP contribution in [0.5, 0.6) is 0 Å². The smallest absolute Gasteiger partial charge is 0.0951 e. The van der Waals surface area contributed by atoms with E-state index in [1.54, 1.807) is 0 Å². The Kier molecular flexibility index (Phi) is 19.6. The molecule has 0 amide bonds. The summed E-state index contributed by atoms with van der Waals surface area (Å²) in [4.78, 5) is 4.12. The lowest BCUT2D eigenvalue weighted by atomic mass is 10.0. The molecular weight excluding hydrogens is 376 g/mol. The number of imidazole rings is 1. The molecule has 0 bridgehead atoms. The van der Waals surface area contributed by atoms with E-state index in [0.717, 1.165) is 6.42 Å². The van der Waals surface area contributed by atoms with E-state index in [4.69, 9.17) is 0 Å². The van der Waals surface area contributed by atoms with Gasteiger partial charge >= 0.3 is 0 Å². The predicted molar refractivity (Wildman–Crippen MR) is 139 cm³/mol. The van der Waals surface area contributed by atoms with Crippen LogP contribution in [0.3, 0.4) is 0 Å². The van der Waals surface area contributed by atoms with Crippen LogP contribution in [0.1, 0.15) is 141 Å². The molecule has 0 spiro atoms. The summed E-state index contributed by atoms with van der Waals surface area (Å²) in [6.45, 7) is 6.24. The molecule has 0 saturated carbocycles. The van der Waals surface area contributed by atoms with Crippen LogP contribution in [0.2, 0.25) is 0 Å². The van der Waals surface area contributed by atoms with E-state index in [9.17, 15) is 0 Å². The minimum Gasteiger partial charge on any atom is -0.330 e. The lowest BCUT2D eigenvalue weighted by Gasteiger charge is -2.10. The standard InChI is InChI=1S/C29H52N2/c1-3-5-6-7-8-9-10-11-12-13-14-15-16-17-18-19-20-21-22-23-24-25-29(4-2)31-27-26-30-28-31/h4,23-24,26-29H,2-3,5-22,25H2,1H3. The summed E-state index contributed by atoms with van der Waals surface area (Å²) < 4.78 is 2.12. The van der Waals surface area contributed by atoms with Crippen molar-refractivity contribution < 1.29 is 0 Å². The Morgan fingerprint density at radius 3 is 1.61 bits per heavy atom. The van der Waals surface area contributed by atoms with E-state index in [1.807, 2.05) is 24.8 Å². The van der Waals surface area contributed by atoms with Gasteiger partial charge in [0.25, 0.3) is 0 Å². The van der Waals surface area contributed by atoms with Crippen LogP contribution in [0.25, 0.3) is 0 Å². The molecular formula is C29H52N2.